The van der Waals surface area contributed by atoms with Crippen molar-refractivity contribution in [2.45, 2.75) is 71.2 Å². The molecule has 2 amide bonds. The molecule has 0 aromatic heterocycles. The van der Waals surface area contributed by atoms with Gasteiger partial charge in [-0.05, 0) is 81.6 Å². The summed E-state index contributed by atoms with van der Waals surface area (Å²) in [5, 5.41) is 22.4. The molecule has 10 nitrogen and oxygen atoms in total. The van der Waals surface area contributed by atoms with Crippen molar-refractivity contribution in [1.29, 1.82) is 0 Å². The smallest absolute Gasteiger partial charge is 0.335 e. The van der Waals surface area contributed by atoms with Crippen molar-refractivity contribution in [3.63, 3.8) is 0 Å². The largest absolute Gasteiger partial charge is 0.490 e. The van der Waals surface area contributed by atoms with E-state index in [1.54, 1.807) is 35.2 Å². The maximum absolute atomic E-state index is 14.4. The monoisotopic (exact) mass is 659 g/mol. The third-order valence-corrected chi connectivity index (χ3v) is 8.69. The predicted molar refractivity (Wildman–Crippen MR) is 185 cm³/mol. The third-order valence-electron chi connectivity index (χ3n) is 8.69. The molecule has 258 valence electrons. The van der Waals surface area contributed by atoms with Gasteiger partial charge in [-0.2, -0.15) is 0 Å². The second-order valence-electron chi connectivity index (χ2n) is 12.9. The molecule has 3 aromatic carbocycles. The number of anilines is 1. The number of aliphatic hydroxyl groups is 1. The molecule has 4 rings (SSSR count). The summed E-state index contributed by atoms with van der Waals surface area (Å²) in [4.78, 5) is 42.3. The lowest BCUT2D eigenvalue weighted by atomic mass is 10.0. The second kappa shape index (κ2) is 17.8. The van der Waals surface area contributed by atoms with Gasteiger partial charge in [-0.15, -0.1) is 0 Å². The van der Waals surface area contributed by atoms with Crippen LogP contribution in [0.25, 0.3) is 0 Å². The molecule has 1 aliphatic rings. The number of hydrogen-bond donors (Lipinski definition) is 3. The standard InChI is InChI=1S/C38H49N3O7/c1-26-22-41(27(2)25-42)37(44)33-21-32(39-36(43)20-29-11-6-5-7-12-29)17-18-34(33)48-28(3)10-8-9-19-47-35(26)24-40(4)23-30-13-15-31(16-14-30)38(45)46/h5-7,11-18,21,26-28,35,42H,8-10,19-20,22-25H2,1-4H3,(H,39,43)(H,45,46)/t26-,27-,28+,35+/m0/s1. The van der Waals surface area contributed by atoms with Crippen molar-refractivity contribution in [3.05, 3.63) is 95.1 Å². The van der Waals surface area contributed by atoms with Crippen LogP contribution in [0.4, 0.5) is 5.69 Å². The zero-order chi connectivity index (χ0) is 34.6. The highest BCUT2D eigenvalue weighted by Crippen LogP contribution is 2.29. The predicted octanol–water partition coefficient (Wildman–Crippen LogP) is 5.49. The first-order valence-electron chi connectivity index (χ1n) is 16.7. The van der Waals surface area contributed by atoms with E-state index < -0.39 is 12.0 Å². The fourth-order valence-electron chi connectivity index (χ4n) is 5.89. The highest BCUT2D eigenvalue weighted by Gasteiger charge is 2.30. The number of ether oxygens (including phenoxy) is 2. The van der Waals surface area contributed by atoms with Crippen LogP contribution >= 0.6 is 0 Å². The van der Waals surface area contributed by atoms with Crippen LogP contribution in [0.2, 0.25) is 0 Å². The van der Waals surface area contributed by atoms with Crippen molar-refractivity contribution < 1.29 is 34.1 Å². The fourth-order valence-corrected chi connectivity index (χ4v) is 5.89. The number of hydrogen-bond acceptors (Lipinski definition) is 7. The van der Waals surface area contributed by atoms with Crippen molar-refractivity contribution >= 4 is 23.5 Å². The average molecular weight is 660 g/mol. The van der Waals surface area contributed by atoms with Crippen LogP contribution in [0.15, 0.2) is 72.8 Å². The van der Waals surface area contributed by atoms with E-state index in [4.69, 9.17) is 9.47 Å². The van der Waals surface area contributed by atoms with Gasteiger partial charge in [-0.1, -0.05) is 49.4 Å². The molecule has 0 saturated heterocycles. The van der Waals surface area contributed by atoms with E-state index in [0.717, 1.165) is 30.4 Å². The minimum Gasteiger partial charge on any atom is -0.490 e. The SMILES string of the molecule is C[C@@H]1CCCCO[C@H](CN(C)Cc2ccc(C(=O)O)cc2)[C@@H](C)CN([C@@H](C)CO)C(=O)c2cc(NC(=O)Cc3ccccc3)ccc2O1. The highest BCUT2D eigenvalue weighted by atomic mass is 16.5. The number of aliphatic hydroxyl groups excluding tert-OH is 1. The van der Waals surface area contributed by atoms with E-state index in [9.17, 15) is 24.6 Å². The zero-order valence-electron chi connectivity index (χ0n) is 28.4. The van der Waals surface area contributed by atoms with Crippen LogP contribution in [0.5, 0.6) is 5.75 Å². The second-order valence-corrected chi connectivity index (χ2v) is 12.9. The molecule has 0 unspecified atom stereocenters. The molecule has 0 saturated carbocycles. The number of fused-ring (bicyclic) bond motifs is 1. The number of carbonyl (C=O) groups is 3. The number of nitrogens with zero attached hydrogens (tertiary/aromatic N) is 2. The average Bonchev–Trinajstić information content (AvgIpc) is 3.06. The number of carbonyl (C=O) groups excluding carboxylic acids is 2. The normalized spacial score (nSPS) is 19.9. The van der Waals surface area contributed by atoms with Gasteiger partial charge in [0.05, 0.1) is 42.4 Å². The number of amides is 2. The van der Waals surface area contributed by atoms with E-state index in [-0.39, 0.29) is 48.5 Å². The first kappa shape index (κ1) is 36.6. The van der Waals surface area contributed by atoms with Gasteiger partial charge in [0.2, 0.25) is 5.91 Å². The summed E-state index contributed by atoms with van der Waals surface area (Å²) < 4.78 is 12.8. The van der Waals surface area contributed by atoms with Gasteiger partial charge in [0.15, 0.2) is 0 Å². The number of likely N-dealkylation sites (N-methyl/N-ethyl adjacent to an activating group) is 1. The Morgan fingerprint density at radius 1 is 1.02 bits per heavy atom. The summed E-state index contributed by atoms with van der Waals surface area (Å²) in [5.41, 5.74) is 2.93. The molecule has 3 N–H and O–H groups in total. The first-order valence-corrected chi connectivity index (χ1v) is 16.7. The van der Waals surface area contributed by atoms with Gasteiger partial charge in [-0.3, -0.25) is 14.5 Å². The van der Waals surface area contributed by atoms with Crippen molar-refractivity contribution in [2.75, 3.05) is 38.7 Å². The summed E-state index contributed by atoms with van der Waals surface area (Å²) in [6.45, 7) is 7.69. The maximum atomic E-state index is 14.4. The molecule has 1 aliphatic heterocycles. The molecule has 0 fully saturated rings. The first-order chi connectivity index (χ1) is 23.0. The van der Waals surface area contributed by atoms with E-state index >= 15 is 0 Å². The summed E-state index contributed by atoms with van der Waals surface area (Å²) >= 11 is 0. The van der Waals surface area contributed by atoms with Crippen LogP contribution < -0.4 is 10.1 Å². The maximum Gasteiger partial charge on any atom is 0.335 e. The highest BCUT2D eigenvalue weighted by molar-refractivity contribution is 6.00. The summed E-state index contributed by atoms with van der Waals surface area (Å²) in [7, 11) is 1.99. The molecule has 0 spiro atoms. The summed E-state index contributed by atoms with van der Waals surface area (Å²) in [5.74, 6) is -1.11. The molecule has 3 aromatic rings. The third kappa shape index (κ3) is 10.6. The van der Waals surface area contributed by atoms with Crippen molar-refractivity contribution in [2.24, 2.45) is 5.92 Å². The van der Waals surface area contributed by atoms with E-state index in [1.165, 1.54) is 0 Å². The Balaban J connectivity index is 1.57. The number of nitrogens with one attached hydrogen (secondary N) is 1. The number of rotatable bonds is 10. The van der Waals surface area contributed by atoms with E-state index in [2.05, 4.69) is 17.1 Å². The Bertz CT molecular complexity index is 1500. The molecule has 1 heterocycles. The minimum absolute atomic E-state index is 0.0974. The Hall–Kier alpha value is -4.25. The molecule has 0 radical (unpaired) electrons. The Kier molecular flexibility index (Phi) is 13.5. The Labute approximate surface area is 283 Å². The lowest BCUT2D eigenvalue weighted by Crippen LogP contribution is -2.47. The van der Waals surface area contributed by atoms with Gasteiger partial charge in [-0.25, -0.2) is 4.79 Å². The number of benzene rings is 3. The number of carboxylic acids is 1. The Morgan fingerprint density at radius 2 is 1.75 bits per heavy atom. The molecule has 0 aliphatic carbocycles. The van der Waals surface area contributed by atoms with Crippen molar-refractivity contribution in [3.8, 4) is 5.75 Å². The summed E-state index contributed by atoms with van der Waals surface area (Å²) in [6.07, 6.45) is 2.35. The van der Waals surface area contributed by atoms with Crippen LogP contribution in [-0.4, -0.2) is 89.4 Å². The topological polar surface area (TPSA) is 129 Å². The van der Waals surface area contributed by atoms with Crippen LogP contribution in [0, 0.1) is 5.92 Å². The van der Waals surface area contributed by atoms with Crippen LogP contribution in [0.3, 0.4) is 0 Å². The van der Waals surface area contributed by atoms with Gasteiger partial charge in [0.1, 0.15) is 5.75 Å². The molecule has 0 bridgehead atoms. The molecular formula is C38H49N3O7. The van der Waals surface area contributed by atoms with Crippen molar-refractivity contribution in [1.82, 2.24) is 9.80 Å². The quantitative estimate of drug-likeness (QED) is 0.261. The molecule has 48 heavy (non-hydrogen) atoms. The Morgan fingerprint density at radius 3 is 2.44 bits per heavy atom. The minimum atomic E-state index is -0.958. The van der Waals surface area contributed by atoms with Gasteiger partial charge in [0.25, 0.3) is 5.91 Å². The molecular weight excluding hydrogens is 610 g/mol. The number of aromatic carboxylic acids is 1. The number of carboxylic acid groups (broad SMARTS) is 1. The molecule has 4 atom stereocenters. The van der Waals surface area contributed by atoms with Crippen LogP contribution in [0.1, 0.15) is 71.9 Å². The summed E-state index contributed by atoms with van der Waals surface area (Å²) in [6, 6.07) is 21.0. The lowest BCUT2D eigenvalue weighted by molar-refractivity contribution is -0.115. The van der Waals surface area contributed by atoms with E-state index in [0.29, 0.717) is 43.2 Å². The zero-order valence-corrected chi connectivity index (χ0v) is 28.4. The molecule has 10 heteroatoms. The lowest BCUT2D eigenvalue weighted by Gasteiger charge is -2.36. The fraction of sp³-hybridized carbons (Fsp3) is 0.447. The van der Waals surface area contributed by atoms with Crippen LogP contribution in [-0.2, 0) is 22.5 Å². The van der Waals surface area contributed by atoms with Gasteiger partial charge >= 0.3 is 5.97 Å². The van der Waals surface area contributed by atoms with Gasteiger partial charge < -0.3 is 29.9 Å². The van der Waals surface area contributed by atoms with Gasteiger partial charge in [0, 0.05) is 37.8 Å². The van der Waals surface area contributed by atoms with E-state index in [1.807, 2.05) is 63.4 Å².